The smallest absolute Gasteiger partial charge is 0.274 e. The molecule has 1 atom stereocenters. The van der Waals surface area contributed by atoms with Crippen molar-refractivity contribution in [3.8, 4) is 0 Å². The average molecular weight is 398 g/mol. The molecule has 0 spiro atoms. The number of rotatable bonds is 3. The van der Waals surface area contributed by atoms with Crippen LogP contribution in [-0.2, 0) is 25.8 Å². The van der Waals surface area contributed by atoms with Gasteiger partial charge in [0.15, 0.2) is 0 Å². The van der Waals surface area contributed by atoms with Crippen molar-refractivity contribution in [2.24, 2.45) is 5.14 Å². The second-order valence-corrected chi connectivity index (χ2v) is 7.49. The van der Waals surface area contributed by atoms with E-state index in [0.29, 0.717) is 22.6 Å². The third-order valence-electron chi connectivity index (χ3n) is 4.18. The van der Waals surface area contributed by atoms with Crippen molar-refractivity contribution in [2.75, 3.05) is 4.90 Å². The van der Waals surface area contributed by atoms with Crippen LogP contribution < -0.4 is 10.0 Å². The first-order chi connectivity index (χ1) is 12.5. The zero-order valence-corrected chi connectivity index (χ0v) is 14.4. The van der Waals surface area contributed by atoms with Crippen molar-refractivity contribution >= 4 is 27.5 Å². The summed E-state index contributed by atoms with van der Waals surface area (Å²) in [6, 6.07) is 10.4. The molecule has 1 heterocycles. The van der Waals surface area contributed by atoms with Gasteiger partial charge in [-0.15, -0.1) is 0 Å². The van der Waals surface area contributed by atoms with Crippen molar-refractivity contribution in [1.82, 2.24) is 0 Å². The van der Waals surface area contributed by atoms with E-state index in [1.165, 1.54) is 0 Å². The molecule has 1 saturated heterocycles. The van der Waals surface area contributed by atoms with Crippen LogP contribution >= 0.6 is 0 Å². The van der Waals surface area contributed by atoms with Gasteiger partial charge in [0.05, 0.1) is 22.1 Å². The van der Waals surface area contributed by atoms with Crippen LogP contribution in [0.3, 0.4) is 0 Å². The van der Waals surface area contributed by atoms with E-state index in [9.17, 15) is 31.2 Å². The van der Waals surface area contributed by atoms with Gasteiger partial charge in [0.1, 0.15) is 0 Å². The molecule has 3 rings (SSSR count). The molecule has 1 aliphatic heterocycles. The predicted molar refractivity (Wildman–Crippen MR) is 89.1 cm³/mol. The van der Waals surface area contributed by atoms with Crippen molar-refractivity contribution in [2.45, 2.75) is 23.4 Å². The molecule has 2 aromatic rings. The maximum atomic E-state index is 13.3. The molecule has 1 aliphatic rings. The average Bonchev–Trinajstić information content (AvgIpc) is 2.88. The van der Waals surface area contributed by atoms with Gasteiger partial charge in [-0.2, -0.15) is 13.2 Å². The van der Waals surface area contributed by atoms with Gasteiger partial charge in [0.25, 0.3) is 0 Å². The van der Waals surface area contributed by atoms with E-state index in [4.69, 9.17) is 5.14 Å². The van der Waals surface area contributed by atoms with Gasteiger partial charge < -0.3 is 0 Å². The summed E-state index contributed by atoms with van der Waals surface area (Å²) in [6.07, 6.45) is -5.23. The lowest BCUT2D eigenvalue weighted by molar-refractivity contribution is -0.140. The first kappa shape index (κ1) is 19.1. The van der Waals surface area contributed by atoms with Crippen LogP contribution in [0.5, 0.6) is 0 Å². The van der Waals surface area contributed by atoms with Gasteiger partial charge in [0, 0.05) is 6.42 Å². The Bertz CT molecular complexity index is 1020. The summed E-state index contributed by atoms with van der Waals surface area (Å²) in [7, 11) is -4.65. The van der Waals surface area contributed by atoms with Crippen LogP contribution in [0.15, 0.2) is 53.4 Å². The van der Waals surface area contributed by atoms with E-state index < -0.39 is 44.4 Å². The number of imide groups is 1. The van der Waals surface area contributed by atoms with Crippen molar-refractivity contribution in [1.29, 1.82) is 0 Å². The quantitative estimate of drug-likeness (QED) is 0.803. The number of hydrogen-bond acceptors (Lipinski definition) is 4. The summed E-state index contributed by atoms with van der Waals surface area (Å²) < 4.78 is 62.7. The molecule has 0 saturated carbocycles. The van der Waals surface area contributed by atoms with E-state index in [1.54, 1.807) is 30.3 Å². The standard InChI is InChI=1S/C17H13F3N2O4S/c18-17(19,20)13-8-11(6-7-14(13)27(21,25)26)22-15(23)9-12(16(22)24)10-4-2-1-3-5-10/h1-8,12H,9H2,(H2,21,25,26)/t12-/m0/s1. The number of benzene rings is 2. The van der Waals surface area contributed by atoms with Crippen LogP contribution in [0, 0.1) is 0 Å². The molecule has 10 heteroatoms. The summed E-state index contributed by atoms with van der Waals surface area (Å²) in [5.74, 6) is -2.17. The minimum Gasteiger partial charge on any atom is -0.274 e. The van der Waals surface area contributed by atoms with Crippen molar-refractivity contribution < 1.29 is 31.2 Å². The maximum Gasteiger partial charge on any atom is 0.417 e. The summed E-state index contributed by atoms with van der Waals surface area (Å²) >= 11 is 0. The Morgan fingerprint density at radius 2 is 1.67 bits per heavy atom. The lowest BCUT2D eigenvalue weighted by Crippen LogP contribution is -2.30. The number of halogens is 3. The molecular weight excluding hydrogens is 385 g/mol. The number of hydrogen-bond donors (Lipinski definition) is 1. The SMILES string of the molecule is NS(=O)(=O)c1ccc(N2C(=O)C[C@@H](c3ccccc3)C2=O)cc1C(F)(F)F. The first-order valence-electron chi connectivity index (χ1n) is 7.66. The number of anilines is 1. The lowest BCUT2D eigenvalue weighted by atomic mass is 9.98. The monoisotopic (exact) mass is 398 g/mol. The van der Waals surface area contributed by atoms with E-state index in [0.717, 1.165) is 6.07 Å². The van der Waals surface area contributed by atoms with Gasteiger partial charge in [0.2, 0.25) is 21.8 Å². The highest BCUT2D eigenvalue weighted by atomic mass is 32.2. The Hall–Kier alpha value is -2.72. The summed E-state index contributed by atoms with van der Waals surface area (Å²) in [6.45, 7) is 0. The van der Waals surface area contributed by atoms with Gasteiger partial charge in [-0.05, 0) is 23.8 Å². The fourth-order valence-electron chi connectivity index (χ4n) is 2.98. The number of carbonyl (C=O) groups is 2. The predicted octanol–water partition coefficient (Wildman–Crippen LogP) is 2.40. The number of primary sulfonamides is 1. The minimum atomic E-state index is -5.04. The van der Waals surface area contributed by atoms with E-state index in [2.05, 4.69) is 0 Å². The molecule has 0 aromatic heterocycles. The number of alkyl halides is 3. The molecule has 142 valence electrons. The largest absolute Gasteiger partial charge is 0.417 e. The number of sulfonamides is 1. The lowest BCUT2D eigenvalue weighted by Gasteiger charge is -2.18. The zero-order valence-electron chi connectivity index (χ0n) is 13.6. The normalized spacial score (nSPS) is 18.2. The highest BCUT2D eigenvalue weighted by Gasteiger charge is 2.42. The van der Waals surface area contributed by atoms with Crippen LogP contribution in [0.4, 0.5) is 18.9 Å². The highest BCUT2D eigenvalue weighted by Crippen LogP contribution is 2.39. The molecule has 0 bridgehead atoms. The number of nitrogens with two attached hydrogens (primary N) is 1. The van der Waals surface area contributed by atoms with Crippen molar-refractivity contribution in [3.63, 3.8) is 0 Å². The van der Waals surface area contributed by atoms with E-state index >= 15 is 0 Å². The molecule has 27 heavy (non-hydrogen) atoms. The van der Waals surface area contributed by atoms with Gasteiger partial charge in [-0.3, -0.25) is 9.59 Å². The van der Waals surface area contributed by atoms with E-state index in [-0.39, 0.29) is 12.1 Å². The summed E-state index contributed by atoms with van der Waals surface area (Å²) in [5, 5.41) is 4.84. The molecule has 0 aliphatic carbocycles. The minimum absolute atomic E-state index is 0.193. The zero-order chi connectivity index (χ0) is 20.0. The van der Waals surface area contributed by atoms with Crippen LogP contribution in [0.2, 0.25) is 0 Å². The Morgan fingerprint density at radius 1 is 1.04 bits per heavy atom. The van der Waals surface area contributed by atoms with Crippen LogP contribution in [0.1, 0.15) is 23.5 Å². The molecule has 0 radical (unpaired) electrons. The third kappa shape index (κ3) is 3.58. The molecule has 0 unspecified atom stereocenters. The second kappa shape index (κ2) is 6.46. The second-order valence-electron chi connectivity index (χ2n) is 5.96. The first-order valence-corrected chi connectivity index (χ1v) is 9.20. The molecule has 2 aromatic carbocycles. The fraction of sp³-hybridized carbons (Fsp3) is 0.176. The molecule has 2 N–H and O–H groups in total. The molecule has 6 nitrogen and oxygen atoms in total. The molecule has 2 amide bonds. The van der Waals surface area contributed by atoms with Gasteiger partial charge in [-0.1, -0.05) is 30.3 Å². The number of carbonyl (C=O) groups excluding carboxylic acids is 2. The van der Waals surface area contributed by atoms with Crippen LogP contribution in [-0.4, -0.2) is 20.2 Å². The van der Waals surface area contributed by atoms with Gasteiger partial charge >= 0.3 is 6.18 Å². The summed E-state index contributed by atoms with van der Waals surface area (Å²) in [4.78, 5) is 24.4. The Labute approximate surface area is 152 Å². The fourth-order valence-corrected chi connectivity index (χ4v) is 3.71. The molecular formula is C17H13F3N2O4S. The van der Waals surface area contributed by atoms with E-state index in [1.807, 2.05) is 0 Å². The number of amides is 2. The van der Waals surface area contributed by atoms with Crippen molar-refractivity contribution in [3.05, 3.63) is 59.7 Å². The highest BCUT2D eigenvalue weighted by molar-refractivity contribution is 7.89. The number of nitrogens with zero attached hydrogens (tertiary/aromatic N) is 1. The van der Waals surface area contributed by atoms with Crippen LogP contribution in [0.25, 0.3) is 0 Å². The topological polar surface area (TPSA) is 97.5 Å². The Kier molecular flexibility index (Phi) is 4.56. The third-order valence-corrected chi connectivity index (χ3v) is 5.15. The van der Waals surface area contributed by atoms with Gasteiger partial charge in [-0.25, -0.2) is 18.5 Å². The Morgan fingerprint density at radius 3 is 2.22 bits per heavy atom. The maximum absolute atomic E-state index is 13.3. The summed E-state index contributed by atoms with van der Waals surface area (Å²) in [5.41, 5.74) is -1.33. The molecule has 1 fully saturated rings. The Balaban J connectivity index is 2.06.